The number of piperazine rings is 1. The van der Waals surface area contributed by atoms with Crippen molar-refractivity contribution < 1.29 is 9.59 Å². The number of amides is 2. The van der Waals surface area contributed by atoms with Gasteiger partial charge in [0, 0.05) is 45.7 Å². The summed E-state index contributed by atoms with van der Waals surface area (Å²) < 4.78 is 0. The Kier molecular flexibility index (Phi) is 6.02. The Morgan fingerprint density at radius 2 is 1.39 bits per heavy atom. The number of rotatable bonds is 5. The van der Waals surface area contributed by atoms with Gasteiger partial charge in [-0.25, -0.2) is 5.01 Å². The molecule has 2 saturated heterocycles. The number of hydrogen-bond acceptors (Lipinski definition) is 5. The minimum absolute atomic E-state index is 0.0625. The molecule has 0 atom stereocenters. The van der Waals surface area contributed by atoms with E-state index in [2.05, 4.69) is 14.9 Å². The molecule has 4 rings (SSSR count). The Morgan fingerprint density at radius 1 is 0.786 bits per heavy atom. The van der Waals surface area contributed by atoms with Gasteiger partial charge in [-0.05, 0) is 18.4 Å². The quantitative estimate of drug-likeness (QED) is 0.757. The summed E-state index contributed by atoms with van der Waals surface area (Å²) in [6, 6.07) is 10.1. The molecule has 0 radical (unpaired) electrons. The number of hydrazone groups is 1. The van der Waals surface area contributed by atoms with Crippen molar-refractivity contribution in [2.75, 3.05) is 58.9 Å². The van der Waals surface area contributed by atoms with Crippen LogP contribution >= 0.6 is 0 Å². The smallest absolute Gasteiger partial charge is 0.256 e. The molecule has 0 spiro atoms. The highest BCUT2D eigenvalue weighted by atomic mass is 16.2. The van der Waals surface area contributed by atoms with E-state index in [1.165, 1.54) is 0 Å². The fraction of sp³-hybridized carbons (Fsp3) is 0.571. The highest BCUT2D eigenvalue weighted by Crippen LogP contribution is 2.14. The molecule has 0 N–H and O–H groups in total. The van der Waals surface area contributed by atoms with Crippen molar-refractivity contribution in [3.63, 3.8) is 0 Å². The highest BCUT2D eigenvalue weighted by Gasteiger charge is 2.27. The molecule has 0 bridgehead atoms. The maximum atomic E-state index is 12.6. The average molecular weight is 383 g/mol. The summed E-state index contributed by atoms with van der Waals surface area (Å²) in [7, 11) is 0. The van der Waals surface area contributed by atoms with E-state index in [-0.39, 0.29) is 11.8 Å². The number of hydrogen-bond donors (Lipinski definition) is 0. The summed E-state index contributed by atoms with van der Waals surface area (Å²) in [5, 5.41) is 6.15. The lowest BCUT2D eigenvalue weighted by Gasteiger charge is -2.34. The molecule has 3 aliphatic heterocycles. The van der Waals surface area contributed by atoms with E-state index in [1.807, 2.05) is 35.2 Å². The lowest BCUT2D eigenvalue weighted by molar-refractivity contribution is -0.134. The number of carbonyl (C=O) groups excluding carboxylic acids is 2. The van der Waals surface area contributed by atoms with Crippen LogP contribution in [0.25, 0.3) is 0 Å². The van der Waals surface area contributed by atoms with Crippen molar-refractivity contribution in [1.82, 2.24) is 19.7 Å². The molecular formula is C21H29N5O2. The molecule has 7 nitrogen and oxygen atoms in total. The molecule has 1 aromatic rings. The average Bonchev–Trinajstić information content (AvgIpc) is 3.42. The minimum atomic E-state index is 0.0625. The predicted octanol–water partition coefficient (Wildman–Crippen LogP) is 0.863. The van der Waals surface area contributed by atoms with Gasteiger partial charge in [0.1, 0.15) is 0 Å². The van der Waals surface area contributed by atoms with Crippen LogP contribution in [0, 0.1) is 0 Å². The second-order valence-corrected chi connectivity index (χ2v) is 7.82. The molecule has 2 amide bonds. The van der Waals surface area contributed by atoms with Crippen LogP contribution in [0.4, 0.5) is 0 Å². The van der Waals surface area contributed by atoms with Gasteiger partial charge in [0.25, 0.3) is 5.91 Å². The van der Waals surface area contributed by atoms with Gasteiger partial charge in [-0.2, -0.15) is 5.10 Å². The Bertz CT molecular complexity index is 722. The van der Waals surface area contributed by atoms with Crippen molar-refractivity contribution in [2.45, 2.75) is 19.3 Å². The maximum Gasteiger partial charge on any atom is 0.256 e. The highest BCUT2D eigenvalue weighted by molar-refractivity contribution is 6.02. The number of benzene rings is 1. The van der Waals surface area contributed by atoms with Crippen molar-refractivity contribution in [3.8, 4) is 0 Å². The summed E-state index contributed by atoms with van der Waals surface area (Å²) in [6.45, 7) is 6.72. The van der Waals surface area contributed by atoms with Gasteiger partial charge in [0.2, 0.25) is 5.91 Å². The Labute approximate surface area is 166 Å². The van der Waals surface area contributed by atoms with Gasteiger partial charge in [-0.15, -0.1) is 0 Å². The number of nitrogens with zero attached hydrogens (tertiary/aromatic N) is 5. The van der Waals surface area contributed by atoms with E-state index in [0.717, 1.165) is 69.8 Å². The Balaban J connectivity index is 1.22. The summed E-state index contributed by atoms with van der Waals surface area (Å²) in [6.07, 6.45) is 3.07. The third kappa shape index (κ3) is 4.59. The lowest BCUT2D eigenvalue weighted by Crippen LogP contribution is -2.51. The van der Waals surface area contributed by atoms with Crippen molar-refractivity contribution in [1.29, 1.82) is 0 Å². The van der Waals surface area contributed by atoms with Gasteiger partial charge in [-0.1, -0.05) is 30.3 Å². The van der Waals surface area contributed by atoms with E-state index >= 15 is 0 Å². The fourth-order valence-electron chi connectivity index (χ4n) is 4.11. The van der Waals surface area contributed by atoms with Crippen LogP contribution in [-0.2, 0) is 9.59 Å². The zero-order valence-electron chi connectivity index (χ0n) is 16.4. The molecule has 3 heterocycles. The van der Waals surface area contributed by atoms with Gasteiger partial charge in [0.15, 0.2) is 0 Å². The maximum absolute atomic E-state index is 12.6. The second-order valence-electron chi connectivity index (χ2n) is 7.82. The lowest BCUT2D eigenvalue weighted by atomic mass is 10.1. The fourth-order valence-corrected chi connectivity index (χ4v) is 4.11. The van der Waals surface area contributed by atoms with Crippen LogP contribution in [-0.4, -0.2) is 96.1 Å². The predicted molar refractivity (Wildman–Crippen MR) is 108 cm³/mol. The van der Waals surface area contributed by atoms with Crippen LogP contribution < -0.4 is 0 Å². The standard InChI is InChI=1S/C21H29N5O2/c27-20(25-9-4-5-10-25)16-23-12-14-24(15-13-23)17-21(28)26-11-8-19(22-26)18-6-2-1-3-7-18/h1-3,6-7H,4-5,8-17H2. The Morgan fingerprint density at radius 3 is 2.04 bits per heavy atom. The second kappa shape index (κ2) is 8.84. The van der Waals surface area contributed by atoms with Crippen LogP contribution in [0.3, 0.4) is 0 Å². The van der Waals surface area contributed by atoms with Crippen molar-refractivity contribution in [3.05, 3.63) is 35.9 Å². The molecule has 7 heteroatoms. The SMILES string of the molecule is O=C(CN1CCN(CC(=O)N2CCC(c3ccccc3)=N2)CC1)N1CCCC1. The molecule has 2 fully saturated rings. The van der Waals surface area contributed by atoms with E-state index in [4.69, 9.17) is 0 Å². The first-order valence-corrected chi connectivity index (χ1v) is 10.3. The zero-order valence-corrected chi connectivity index (χ0v) is 16.4. The monoisotopic (exact) mass is 383 g/mol. The molecule has 3 aliphatic rings. The van der Waals surface area contributed by atoms with E-state index in [0.29, 0.717) is 19.6 Å². The van der Waals surface area contributed by atoms with E-state index < -0.39 is 0 Å². The summed E-state index contributed by atoms with van der Waals surface area (Å²) in [5.74, 6) is 0.314. The minimum Gasteiger partial charge on any atom is -0.342 e. The molecule has 0 aliphatic carbocycles. The molecule has 1 aromatic carbocycles. The van der Waals surface area contributed by atoms with Gasteiger partial charge < -0.3 is 4.90 Å². The zero-order chi connectivity index (χ0) is 19.3. The summed E-state index contributed by atoms with van der Waals surface area (Å²) >= 11 is 0. The van der Waals surface area contributed by atoms with E-state index in [9.17, 15) is 9.59 Å². The van der Waals surface area contributed by atoms with Crippen LogP contribution in [0.15, 0.2) is 35.4 Å². The number of carbonyl (C=O) groups is 2. The molecule has 28 heavy (non-hydrogen) atoms. The summed E-state index contributed by atoms with van der Waals surface area (Å²) in [5.41, 5.74) is 2.08. The van der Waals surface area contributed by atoms with Crippen LogP contribution in [0.2, 0.25) is 0 Å². The molecule has 0 aromatic heterocycles. The van der Waals surface area contributed by atoms with Gasteiger partial charge >= 0.3 is 0 Å². The molecular weight excluding hydrogens is 354 g/mol. The van der Waals surface area contributed by atoms with Crippen LogP contribution in [0.1, 0.15) is 24.8 Å². The number of likely N-dealkylation sites (tertiary alicyclic amines) is 1. The topological polar surface area (TPSA) is 59.5 Å². The van der Waals surface area contributed by atoms with Gasteiger partial charge in [-0.3, -0.25) is 19.4 Å². The molecule has 0 saturated carbocycles. The Hall–Kier alpha value is -2.25. The third-order valence-electron chi connectivity index (χ3n) is 5.84. The van der Waals surface area contributed by atoms with Crippen LogP contribution in [0.5, 0.6) is 0 Å². The molecule has 0 unspecified atom stereocenters. The molecule has 150 valence electrons. The normalized spacial score (nSPS) is 21.2. The summed E-state index contributed by atoms with van der Waals surface area (Å²) in [4.78, 5) is 31.3. The first-order valence-electron chi connectivity index (χ1n) is 10.3. The third-order valence-corrected chi connectivity index (χ3v) is 5.84. The van der Waals surface area contributed by atoms with Gasteiger partial charge in [0.05, 0.1) is 25.3 Å². The van der Waals surface area contributed by atoms with Crippen molar-refractivity contribution in [2.24, 2.45) is 5.10 Å². The van der Waals surface area contributed by atoms with Crippen molar-refractivity contribution >= 4 is 17.5 Å². The largest absolute Gasteiger partial charge is 0.342 e. The first-order chi connectivity index (χ1) is 13.7. The first kappa shape index (κ1) is 19.1. The van der Waals surface area contributed by atoms with E-state index in [1.54, 1.807) is 5.01 Å².